The summed E-state index contributed by atoms with van der Waals surface area (Å²) >= 11 is 0. The van der Waals surface area contributed by atoms with E-state index in [1.807, 2.05) is 0 Å². The van der Waals surface area contributed by atoms with E-state index in [-0.39, 0.29) is 17.8 Å². The second kappa shape index (κ2) is 6.59. The van der Waals surface area contributed by atoms with Crippen LogP contribution in [0.2, 0.25) is 0 Å². The van der Waals surface area contributed by atoms with E-state index in [1.165, 1.54) is 6.42 Å². The Morgan fingerprint density at radius 2 is 2.33 bits per heavy atom. The molecule has 1 rings (SSSR count). The van der Waals surface area contributed by atoms with Gasteiger partial charge in [0.1, 0.15) is 6.29 Å². The maximum Gasteiger partial charge on any atom is 0.306 e. The number of hydrogen-bond donors (Lipinski definition) is 0. The summed E-state index contributed by atoms with van der Waals surface area (Å²) in [6.45, 7) is 2.63. The molecule has 0 N–H and O–H groups in total. The SMILES string of the molecule is CCCCCC(C=O)C1CCOC(=O)C1. The molecule has 2 unspecified atom stereocenters. The Bertz CT molecular complexity index is 213. The van der Waals surface area contributed by atoms with Gasteiger partial charge in [0, 0.05) is 12.3 Å². The molecule has 1 aliphatic rings. The summed E-state index contributed by atoms with van der Waals surface area (Å²) in [5.74, 6) is 0.138. The first-order valence-corrected chi connectivity index (χ1v) is 5.88. The maximum absolute atomic E-state index is 11.1. The number of esters is 1. The van der Waals surface area contributed by atoms with Gasteiger partial charge in [-0.05, 0) is 18.8 Å². The molecule has 0 aromatic rings. The molecule has 15 heavy (non-hydrogen) atoms. The molecule has 0 amide bonds. The number of ether oxygens (including phenoxy) is 1. The summed E-state index contributed by atoms with van der Waals surface area (Å²) < 4.78 is 4.87. The Morgan fingerprint density at radius 1 is 1.53 bits per heavy atom. The molecule has 2 atom stereocenters. The lowest BCUT2D eigenvalue weighted by Gasteiger charge is -2.25. The van der Waals surface area contributed by atoms with Gasteiger partial charge in [0.2, 0.25) is 0 Å². The highest BCUT2D eigenvalue weighted by Crippen LogP contribution is 2.27. The van der Waals surface area contributed by atoms with Crippen LogP contribution in [0.3, 0.4) is 0 Å². The number of cyclic esters (lactones) is 1. The van der Waals surface area contributed by atoms with Crippen LogP contribution in [-0.4, -0.2) is 18.9 Å². The van der Waals surface area contributed by atoms with E-state index < -0.39 is 0 Å². The fourth-order valence-corrected chi connectivity index (χ4v) is 2.11. The molecule has 1 heterocycles. The summed E-state index contributed by atoms with van der Waals surface area (Å²) in [7, 11) is 0. The molecular weight excluding hydrogens is 192 g/mol. The Balaban J connectivity index is 2.35. The predicted octanol–water partition coefficient (Wildman–Crippen LogP) is 2.33. The minimum atomic E-state index is -0.145. The highest BCUT2D eigenvalue weighted by Gasteiger charge is 2.27. The minimum absolute atomic E-state index is 0.0596. The van der Waals surface area contributed by atoms with Gasteiger partial charge in [0.05, 0.1) is 6.61 Å². The minimum Gasteiger partial charge on any atom is -0.466 e. The molecule has 3 heteroatoms. The van der Waals surface area contributed by atoms with Crippen molar-refractivity contribution in [3.05, 3.63) is 0 Å². The zero-order chi connectivity index (χ0) is 11.1. The zero-order valence-corrected chi connectivity index (χ0v) is 9.41. The summed E-state index contributed by atoms with van der Waals surface area (Å²) in [4.78, 5) is 22.0. The van der Waals surface area contributed by atoms with Crippen molar-refractivity contribution in [2.45, 2.75) is 45.4 Å². The number of rotatable bonds is 6. The van der Waals surface area contributed by atoms with Crippen LogP contribution in [0.15, 0.2) is 0 Å². The molecule has 3 nitrogen and oxygen atoms in total. The van der Waals surface area contributed by atoms with Crippen molar-refractivity contribution in [2.75, 3.05) is 6.61 Å². The molecule has 0 bridgehead atoms. The average Bonchev–Trinajstić information content (AvgIpc) is 2.24. The summed E-state index contributed by atoms with van der Waals surface area (Å²) in [6, 6.07) is 0. The first-order chi connectivity index (χ1) is 7.27. The number of aldehydes is 1. The quantitative estimate of drug-likeness (QED) is 0.385. The standard InChI is InChI=1S/C12H20O3/c1-2-3-4-5-11(9-13)10-6-7-15-12(14)8-10/h9-11H,2-8H2,1H3. The van der Waals surface area contributed by atoms with Crippen molar-refractivity contribution in [2.24, 2.45) is 11.8 Å². The molecule has 0 aromatic heterocycles. The topological polar surface area (TPSA) is 43.4 Å². The van der Waals surface area contributed by atoms with E-state index in [0.717, 1.165) is 32.0 Å². The highest BCUT2D eigenvalue weighted by molar-refractivity contribution is 5.71. The van der Waals surface area contributed by atoms with Crippen LogP contribution in [0.4, 0.5) is 0 Å². The lowest BCUT2D eigenvalue weighted by atomic mass is 9.83. The molecule has 0 spiro atoms. The van der Waals surface area contributed by atoms with Gasteiger partial charge in [-0.15, -0.1) is 0 Å². The molecule has 0 radical (unpaired) electrons. The maximum atomic E-state index is 11.1. The van der Waals surface area contributed by atoms with Crippen molar-refractivity contribution >= 4 is 12.3 Å². The van der Waals surface area contributed by atoms with Crippen LogP contribution >= 0.6 is 0 Å². The normalized spacial score (nSPS) is 23.3. The van der Waals surface area contributed by atoms with Gasteiger partial charge in [-0.2, -0.15) is 0 Å². The van der Waals surface area contributed by atoms with Crippen molar-refractivity contribution < 1.29 is 14.3 Å². The fourth-order valence-electron chi connectivity index (χ4n) is 2.11. The Labute approximate surface area is 91.2 Å². The number of carbonyl (C=O) groups is 2. The number of carbonyl (C=O) groups excluding carboxylic acids is 2. The third-order valence-corrected chi connectivity index (χ3v) is 3.10. The molecular formula is C12H20O3. The summed E-state index contributed by atoms with van der Waals surface area (Å²) in [5, 5.41) is 0. The zero-order valence-electron chi connectivity index (χ0n) is 9.41. The van der Waals surface area contributed by atoms with Gasteiger partial charge < -0.3 is 9.53 Å². The van der Waals surface area contributed by atoms with Crippen LogP contribution in [0, 0.1) is 11.8 Å². The van der Waals surface area contributed by atoms with Gasteiger partial charge in [0.25, 0.3) is 0 Å². The predicted molar refractivity (Wildman–Crippen MR) is 57.4 cm³/mol. The van der Waals surface area contributed by atoms with Crippen molar-refractivity contribution in [1.82, 2.24) is 0 Å². The van der Waals surface area contributed by atoms with Crippen LogP contribution in [0.5, 0.6) is 0 Å². The van der Waals surface area contributed by atoms with Gasteiger partial charge >= 0.3 is 5.97 Å². The second-order valence-corrected chi connectivity index (χ2v) is 4.27. The molecule has 1 fully saturated rings. The number of unbranched alkanes of at least 4 members (excludes halogenated alkanes) is 2. The summed E-state index contributed by atoms with van der Waals surface area (Å²) in [6.07, 6.45) is 6.65. The van der Waals surface area contributed by atoms with Crippen molar-refractivity contribution in [1.29, 1.82) is 0 Å². The van der Waals surface area contributed by atoms with Crippen molar-refractivity contribution in [3.63, 3.8) is 0 Å². The molecule has 1 saturated heterocycles. The smallest absolute Gasteiger partial charge is 0.306 e. The average molecular weight is 212 g/mol. The van der Waals surface area contributed by atoms with Gasteiger partial charge in [-0.25, -0.2) is 0 Å². The van der Waals surface area contributed by atoms with E-state index >= 15 is 0 Å². The third-order valence-electron chi connectivity index (χ3n) is 3.10. The van der Waals surface area contributed by atoms with E-state index in [9.17, 15) is 9.59 Å². The highest BCUT2D eigenvalue weighted by atomic mass is 16.5. The summed E-state index contributed by atoms with van der Waals surface area (Å²) in [5.41, 5.74) is 0. The van der Waals surface area contributed by atoms with Crippen LogP contribution in [0.25, 0.3) is 0 Å². The van der Waals surface area contributed by atoms with E-state index in [1.54, 1.807) is 0 Å². The second-order valence-electron chi connectivity index (χ2n) is 4.27. The van der Waals surface area contributed by atoms with Crippen LogP contribution in [-0.2, 0) is 14.3 Å². The lowest BCUT2D eigenvalue weighted by Crippen LogP contribution is -2.27. The largest absolute Gasteiger partial charge is 0.466 e. The fraction of sp³-hybridized carbons (Fsp3) is 0.833. The van der Waals surface area contributed by atoms with E-state index in [0.29, 0.717) is 13.0 Å². The van der Waals surface area contributed by atoms with Gasteiger partial charge in [-0.1, -0.05) is 26.2 Å². The molecule has 0 aromatic carbocycles. The number of hydrogen-bond acceptors (Lipinski definition) is 3. The van der Waals surface area contributed by atoms with E-state index in [4.69, 9.17) is 4.74 Å². The van der Waals surface area contributed by atoms with Crippen molar-refractivity contribution in [3.8, 4) is 0 Å². The third kappa shape index (κ3) is 4.02. The Morgan fingerprint density at radius 3 is 2.93 bits per heavy atom. The van der Waals surface area contributed by atoms with Crippen LogP contribution < -0.4 is 0 Å². The lowest BCUT2D eigenvalue weighted by molar-refractivity contribution is -0.150. The Kier molecular flexibility index (Phi) is 5.37. The first-order valence-electron chi connectivity index (χ1n) is 5.88. The Hall–Kier alpha value is -0.860. The van der Waals surface area contributed by atoms with E-state index in [2.05, 4.69) is 6.92 Å². The first kappa shape index (κ1) is 12.2. The monoisotopic (exact) mass is 212 g/mol. The molecule has 0 aliphatic carbocycles. The molecule has 0 saturated carbocycles. The van der Waals surface area contributed by atoms with Crippen LogP contribution in [0.1, 0.15) is 45.4 Å². The molecule has 1 aliphatic heterocycles. The molecule has 86 valence electrons. The van der Waals surface area contributed by atoms with Gasteiger partial charge in [-0.3, -0.25) is 4.79 Å². The van der Waals surface area contributed by atoms with Gasteiger partial charge in [0.15, 0.2) is 0 Å².